The van der Waals surface area contributed by atoms with Crippen molar-refractivity contribution < 1.29 is 9.84 Å². The number of ether oxygens (including phenoxy) is 1. The van der Waals surface area contributed by atoms with Crippen molar-refractivity contribution in [2.24, 2.45) is 0 Å². The van der Waals surface area contributed by atoms with Crippen LogP contribution >= 0.6 is 0 Å². The van der Waals surface area contributed by atoms with E-state index >= 15 is 0 Å². The standard InChI is InChI=1S/C21H23N7O2/c1-21(2,29)17-10-23-16(9-24-17)11-6-12(7-11)18-26-19-14-5-4-13(30-3)8-15(14)25-20(22)28(19)27-18/h4-5,8-12,29H,6-7H2,1-3H3,(H2,22,25)/t11-,12+. The molecule has 9 heteroatoms. The molecular formula is C21H23N7O2. The fourth-order valence-corrected chi connectivity index (χ4v) is 3.86. The van der Waals surface area contributed by atoms with Gasteiger partial charge in [-0.15, -0.1) is 5.10 Å². The van der Waals surface area contributed by atoms with Gasteiger partial charge in [-0.25, -0.2) is 9.97 Å². The van der Waals surface area contributed by atoms with Crippen LogP contribution in [0, 0.1) is 0 Å². The molecule has 1 saturated carbocycles. The summed E-state index contributed by atoms with van der Waals surface area (Å²) < 4.78 is 6.88. The first-order chi connectivity index (χ1) is 14.3. The Morgan fingerprint density at radius 1 is 1.13 bits per heavy atom. The summed E-state index contributed by atoms with van der Waals surface area (Å²) >= 11 is 0. The van der Waals surface area contributed by atoms with Crippen LogP contribution in [0.2, 0.25) is 0 Å². The summed E-state index contributed by atoms with van der Waals surface area (Å²) in [6, 6.07) is 5.65. The highest BCUT2D eigenvalue weighted by atomic mass is 16.5. The number of nitrogen functional groups attached to an aromatic ring is 1. The Hall–Kier alpha value is -3.33. The zero-order valence-corrected chi connectivity index (χ0v) is 17.1. The second-order valence-electron chi connectivity index (χ2n) is 8.31. The normalized spacial score (nSPS) is 19.2. The molecule has 1 aliphatic rings. The van der Waals surface area contributed by atoms with Crippen LogP contribution in [-0.2, 0) is 5.60 Å². The van der Waals surface area contributed by atoms with Crippen molar-refractivity contribution in [2.45, 2.75) is 44.1 Å². The van der Waals surface area contributed by atoms with Crippen LogP contribution in [0.5, 0.6) is 5.75 Å². The third-order valence-corrected chi connectivity index (χ3v) is 5.74. The number of methoxy groups -OCH3 is 1. The lowest BCUT2D eigenvalue weighted by atomic mass is 9.73. The SMILES string of the molecule is COc1ccc2c(c1)nc(N)n1nc([C@H]3C[C@@H](c4cnc(C(C)(C)O)cn4)C3)nc21. The molecule has 0 unspecified atom stereocenters. The molecule has 0 amide bonds. The van der Waals surface area contributed by atoms with Gasteiger partial charge in [0.25, 0.3) is 0 Å². The Morgan fingerprint density at radius 2 is 1.93 bits per heavy atom. The van der Waals surface area contributed by atoms with Gasteiger partial charge in [0.05, 0.1) is 30.2 Å². The zero-order chi connectivity index (χ0) is 21.0. The molecule has 0 saturated heterocycles. The largest absolute Gasteiger partial charge is 0.497 e. The summed E-state index contributed by atoms with van der Waals surface area (Å²) in [5.74, 6) is 2.33. The quantitative estimate of drug-likeness (QED) is 0.531. The number of hydrogen-bond acceptors (Lipinski definition) is 8. The molecule has 30 heavy (non-hydrogen) atoms. The lowest BCUT2D eigenvalue weighted by Crippen LogP contribution is -2.23. The van der Waals surface area contributed by atoms with Gasteiger partial charge < -0.3 is 15.6 Å². The lowest BCUT2D eigenvalue weighted by Gasteiger charge is -2.32. The molecule has 3 heterocycles. The summed E-state index contributed by atoms with van der Waals surface area (Å²) in [5.41, 5.74) is 8.06. The maximum Gasteiger partial charge on any atom is 0.223 e. The summed E-state index contributed by atoms with van der Waals surface area (Å²) in [7, 11) is 1.62. The van der Waals surface area contributed by atoms with Crippen LogP contribution in [0.4, 0.5) is 5.95 Å². The van der Waals surface area contributed by atoms with Gasteiger partial charge in [-0.05, 0) is 38.8 Å². The van der Waals surface area contributed by atoms with Gasteiger partial charge >= 0.3 is 0 Å². The fourth-order valence-electron chi connectivity index (χ4n) is 3.86. The molecule has 1 fully saturated rings. The molecule has 1 aromatic carbocycles. The topological polar surface area (TPSA) is 124 Å². The van der Waals surface area contributed by atoms with E-state index < -0.39 is 5.60 Å². The van der Waals surface area contributed by atoms with E-state index in [1.54, 1.807) is 37.9 Å². The third kappa shape index (κ3) is 3.02. The first kappa shape index (κ1) is 18.7. The van der Waals surface area contributed by atoms with Crippen molar-refractivity contribution in [3.63, 3.8) is 0 Å². The van der Waals surface area contributed by atoms with Gasteiger partial charge in [-0.3, -0.25) is 9.97 Å². The van der Waals surface area contributed by atoms with Gasteiger partial charge in [0.2, 0.25) is 5.95 Å². The van der Waals surface area contributed by atoms with Gasteiger partial charge in [-0.2, -0.15) is 4.52 Å². The summed E-state index contributed by atoms with van der Waals surface area (Å²) in [5, 5.41) is 15.5. The van der Waals surface area contributed by atoms with Crippen molar-refractivity contribution >= 4 is 22.5 Å². The molecule has 5 rings (SSSR count). The number of aliphatic hydroxyl groups is 1. The molecule has 154 valence electrons. The second kappa shape index (κ2) is 6.60. The highest BCUT2D eigenvalue weighted by Gasteiger charge is 2.36. The average Bonchev–Trinajstić information content (AvgIpc) is 3.12. The predicted molar refractivity (Wildman–Crippen MR) is 111 cm³/mol. The number of hydrogen-bond donors (Lipinski definition) is 2. The molecule has 1 aliphatic carbocycles. The van der Waals surface area contributed by atoms with Crippen molar-refractivity contribution in [2.75, 3.05) is 12.8 Å². The van der Waals surface area contributed by atoms with E-state index in [0.717, 1.165) is 41.0 Å². The number of aromatic nitrogens is 6. The van der Waals surface area contributed by atoms with E-state index in [-0.39, 0.29) is 5.92 Å². The van der Waals surface area contributed by atoms with Crippen molar-refractivity contribution in [3.8, 4) is 5.75 Å². The molecular weight excluding hydrogens is 382 g/mol. The van der Waals surface area contributed by atoms with Crippen LogP contribution in [0.15, 0.2) is 30.6 Å². The monoisotopic (exact) mass is 405 g/mol. The lowest BCUT2D eigenvalue weighted by molar-refractivity contribution is 0.0733. The number of nitrogens with zero attached hydrogens (tertiary/aromatic N) is 6. The van der Waals surface area contributed by atoms with Gasteiger partial charge in [-0.1, -0.05) is 0 Å². The van der Waals surface area contributed by atoms with E-state index in [0.29, 0.717) is 23.2 Å². The van der Waals surface area contributed by atoms with Gasteiger partial charge in [0.1, 0.15) is 11.4 Å². The third-order valence-electron chi connectivity index (χ3n) is 5.74. The summed E-state index contributed by atoms with van der Waals surface area (Å²) in [6.07, 6.45) is 5.20. The van der Waals surface area contributed by atoms with Crippen LogP contribution in [-0.4, -0.2) is 41.8 Å². The zero-order valence-electron chi connectivity index (χ0n) is 17.1. The summed E-state index contributed by atoms with van der Waals surface area (Å²) in [6.45, 7) is 3.40. The van der Waals surface area contributed by atoms with E-state index in [2.05, 4.69) is 20.1 Å². The van der Waals surface area contributed by atoms with E-state index in [1.807, 2.05) is 18.2 Å². The number of nitrogens with two attached hydrogens (primary N) is 1. The fraction of sp³-hybridized carbons (Fsp3) is 0.381. The average molecular weight is 405 g/mol. The first-order valence-electron chi connectivity index (χ1n) is 9.88. The Morgan fingerprint density at radius 3 is 2.60 bits per heavy atom. The second-order valence-corrected chi connectivity index (χ2v) is 8.31. The minimum Gasteiger partial charge on any atom is -0.497 e. The molecule has 0 radical (unpaired) electrons. The van der Waals surface area contributed by atoms with E-state index in [9.17, 15) is 5.11 Å². The molecule has 0 bridgehead atoms. The van der Waals surface area contributed by atoms with Crippen molar-refractivity contribution in [1.29, 1.82) is 0 Å². The minimum atomic E-state index is -0.991. The first-order valence-corrected chi connectivity index (χ1v) is 9.88. The number of fused-ring (bicyclic) bond motifs is 3. The molecule has 0 aliphatic heterocycles. The Balaban J connectivity index is 1.40. The predicted octanol–water partition coefficient (Wildman–Crippen LogP) is 2.55. The van der Waals surface area contributed by atoms with Crippen LogP contribution < -0.4 is 10.5 Å². The molecule has 9 nitrogen and oxygen atoms in total. The smallest absolute Gasteiger partial charge is 0.223 e. The number of anilines is 1. The van der Waals surface area contributed by atoms with Crippen LogP contribution in [0.25, 0.3) is 16.6 Å². The molecule has 0 atom stereocenters. The number of rotatable bonds is 4. The van der Waals surface area contributed by atoms with E-state index in [4.69, 9.17) is 15.5 Å². The molecule has 4 aromatic rings. The molecule has 0 spiro atoms. The highest BCUT2D eigenvalue weighted by Crippen LogP contribution is 2.46. The van der Waals surface area contributed by atoms with Gasteiger partial charge in [0.15, 0.2) is 11.5 Å². The minimum absolute atomic E-state index is 0.235. The van der Waals surface area contributed by atoms with Crippen LogP contribution in [0.3, 0.4) is 0 Å². The van der Waals surface area contributed by atoms with Crippen molar-refractivity contribution in [1.82, 2.24) is 29.5 Å². The Bertz CT molecular complexity index is 1240. The summed E-state index contributed by atoms with van der Waals surface area (Å²) in [4.78, 5) is 18.1. The maximum absolute atomic E-state index is 10.0. The van der Waals surface area contributed by atoms with Gasteiger partial charge in [0, 0.05) is 29.5 Å². The molecule has 3 aromatic heterocycles. The Labute approximate surface area is 173 Å². The highest BCUT2D eigenvalue weighted by molar-refractivity contribution is 5.93. The number of benzene rings is 1. The van der Waals surface area contributed by atoms with Crippen LogP contribution in [0.1, 0.15) is 55.7 Å². The maximum atomic E-state index is 10.0. The Kier molecular flexibility index (Phi) is 4.11. The van der Waals surface area contributed by atoms with E-state index in [1.165, 1.54) is 0 Å². The molecule has 3 N–H and O–H groups in total. The van der Waals surface area contributed by atoms with Crippen molar-refractivity contribution in [3.05, 3.63) is 47.8 Å².